The summed E-state index contributed by atoms with van der Waals surface area (Å²) in [5.74, 6) is 3.38. The quantitative estimate of drug-likeness (QED) is 0.723. The van der Waals surface area contributed by atoms with Crippen LogP contribution in [0.1, 0.15) is 12.8 Å². The van der Waals surface area contributed by atoms with Gasteiger partial charge in [-0.1, -0.05) is 6.92 Å². The number of hydrogen-bond donors (Lipinski definition) is 0. The minimum absolute atomic E-state index is 0.715. The zero-order chi connectivity index (χ0) is 10.5. The van der Waals surface area contributed by atoms with E-state index in [0.29, 0.717) is 5.92 Å². The lowest BCUT2D eigenvalue weighted by Crippen LogP contribution is -2.41. The molecule has 2 nitrogen and oxygen atoms in total. The van der Waals surface area contributed by atoms with Gasteiger partial charge in [0.1, 0.15) is 0 Å². The summed E-state index contributed by atoms with van der Waals surface area (Å²) in [4.78, 5) is 5.23. The summed E-state index contributed by atoms with van der Waals surface area (Å²) in [6.45, 7) is 11.9. The minimum atomic E-state index is 0.715. The van der Waals surface area contributed by atoms with Crippen LogP contribution in [0.4, 0.5) is 0 Å². The van der Waals surface area contributed by atoms with Crippen molar-refractivity contribution in [1.29, 1.82) is 0 Å². The van der Waals surface area contributed by atoms with Crippen LogP contribution in [0.25, 0.3) is 0 Å². The van der Waals surface area contributed by atoms with Crippen LogP contribution in [-0.4, -0.2) is 60.6 Å². The van der Waals surface area contributed by atoms with Gasteiger partial charge in [0.25, 0.3) is 0 Å². The summed E-state index contributed by atoms with van der Waals surface area (Å²) in [7, 11) is 0. The first-order valence-electron chi connectivity index (χ1n) is 6.20. The molecular formula is C12H23N2S. The lowest BCUT2D eigenvalue weighted by Gasteiger charge is -2.33. The van der Waals surface area contributed by atoms with Crippen LogP contribution >= 0.6 is 11.8 Å². The van der Waals surface area contributed by atoms with E-state index in [2.05, 4.69) is 28.5 Å². The van der Waals surface area contributed by atoms with Crippen molar-refractivity contribution >= 4 is 11.8 Å². The van der Waals surface area contributed by atoms with Gasteiger partial charge in [-0.25, -0.2) is 0 Å². The van der Waals surface area contributed by atoms with E-state index in [4.69, 9.17) is 0 Å². The van der Waals surface area contributed by atoms with Crippen LogP contribution < -0.4 is 0 Å². The lowest BCUT2D eigenvalue weighted by molar-refractivity contribution is 0.172. The second kappa shape index (κ2) is 6.12. The van der Waals surface area contributed by atoms with Gasteiger partial charge in [0, 0.05) is 37.7 Å². The molecule has 0 aromatic carbocycles. The number of thioether (sulfide) groups is 1. The van der Waals surface area contributed by atoms with Crippen LogP contribution in [0.2, 0.25) is 0 Å². The number of likely N-dealkylation sites (tertiary alicyclic amines) is 1. The van der Waals surface area contributed by atoms with Crippen molar-refractivity contribution in [2.45, 2.75) is 12.8 Å². The molecule has 0 amide bonds. The Morgan fingerprint density at radius 2 is 1.47 bits per heavy atom. The molecule has 2 aliphatic heterocycles. The average molecular weight is 227 g/mol. The molecule has 15 heavy (non-hydrogen) atoms. The van der Waals surface area contributed by atoms with Gasteiger partial charge in [-0.15, -0.1) is 0 Å². The summed E-state index contributed by atoms with van der Waals surface area (Å²) in [5.41, 5.74) is 0. The van der Waals surface area contributed by atoms with E-state index in [0.717, 1.165) is 0 Å². The molecule has 87 valence electrons. The molecule has 0 saturated carbocycles. The maximum absolute atomic E-state index is 4.14. The minimum Gasteiger partial charge on any atom is -0.302 e. The fraction of sp³-hybridized carbons (Fsp3) is 0.917. The van der Waals surface area contributed by atoms with Crippen molar-refractivity contribution in [3.63, 3.8) is 0 Å². The SMILES string of the molecule is [CH2]C1CCN(CCN2CCSCC2)CC1. The Labute approximate surface area is 98.4 Å². The zero-order valence-electron chi connectivity index (χ0n) is 9.66. The molecule has 0 bridgehead atoms. The molecule has 0 N–H and O–H groups in total. The van der Waals surface area contributed by atoms with Crippen molar-refractivity contribution < 1.29 is 0 Å². The highest BCUT2D eigenvalue weighted by Crippen LogP contribution is 2.15. The lowest BCUT2D eigenvalue weighted by atomic mass is 9.99. The van der Waals surface area contributed by atoms with Gasteiger partial charge >= 0.3 is 0 Å². The summed E-state index contributed by atoms with van der Waals surface area (Å²) in [6, 6.07) is 0. The average Bonchev–Trinajstić information content (AvgIpc) is 2.30. The summed E-state index contributed by atoms with van der Waals surface area (Å²) in [6.07, 6.45) is 2.60. The first-order chi connectivity index (χ1) is 7.34. The second-order valence-electron chi connectivity index (χ2n) is 4.74. The Kier molecular flexibility index (Phi) is 4.79. The van der Waals surface area contributed by atoms with Gasteiger partial charge in [0.2, 0.25) is 0 Å². The summed E-state index contributed by atoms with van der Waals surface area (Å²) in [5, 5.41) is 0. The van der Waals surface area contributed by atoms with E-state index < -0.39 is 0 Å². The predicted octanol–water partition coefficient (Wildman–Crippen LogP) is 1.58. The van der Waals surface area contributed by atoms with E-state index in [9.17, 15) is 0 Å². The van der Waals surface area contributed by atoms with Gasteiger partial charge in [-0.3, -0.25) is 0 Å². The third-order valence-corrected chi connectivity index (χ3v) is 4.49. The largest absolute Gasteiger partial charge is 0.302 e. The molecule has 2 saturated heterocycles. The third kappa shape index (κ3) is 3.97. The second-order valence-corrected chi connectivity index (χ2v) is 5.96. The Morgan fingerprint density at radius 1 is 0.933 bits per heavy atom. The van der Waals surface area contributed by atoms with E-state index in [1.165, 1.54) is 63.6 Å². The smallest absolute Gasteiger partial charge is 0.0110 e. The fourth-order valence-corrected chi connectivity index (χ4v) is 3.30. The van der Waals surface area contributed by atoms with E-state index in [1.54, 1.807) is 0 Å². The molecule has 2 rings (SSSR count). The summed E-state index contributed by atoms with van der Waals surface area (Å²) < 4.78 is 0. The Balaban J connectivity index is 1.60. The third-order valence-electron chi connectivity index (χ3n) is 3.54. The number of piperidine rings is 1. The van der Waals surface area contributed by atoms with Gasteiger partial charge in [-0.05, 0) is 31.8 Å². The highest BCUT2D eigenvalue weighted by atomic mass is 32.2. The Bertz CT molecular complexity index is 172. The van der Waals surface area contributed by atoms with Crippen LogP contribution in [-0.2, 0) is 0 Å². The molecule has 3 heteroatoms. The predicted molar refractivity (Wildman–Crippen MR) is 68.3 cm³/mol. The number of nitrogens with zero attached hydrogens (tertiary/aromatic N) is 2. The van der Waals surface area contributed by atoms with Crippen molar-refractivity contribution in [1.82, 2.24) is 9.80 Å². The molecule has 0 spiro atoms. The van der Waals surface area contributed by atoms with Gasteiger partial charge < -0.3 is 9.80 Å². The monoisotopic (exact) mass is 227 g/mol. The molecule has 2 aliphatic rings. The molecule has 0 aromatic rings. The van der Waals surface area contributed by atoms with E-state index >= 15 is 0 Å². The molecule has 0 aliphatic carbocycles. The standard InChI is InChI=1S/C12H23N2S/c1-12-2-4-13(5-3-12)6-7-14-8-10-15-11-9-14/h12H,1-11H2. The molecule has 2 fully saturated rings. The maximum atomic E-state index is 4.14. The first-order valence-corrected chi connectivity index (χ1v) is 7.35. The highest BCUT2D eigenvalue weighted by Gasteiger charge is 2.17. The summed E-state index contributed by atoms with van der Waals surface area (Å²) >= 11 is 2.10. The molecular weight excluding hydrogens is 204 g/mol. The molecule has 0 aromatic heterocycles. The van der Waals surface area contributed by atoms with Crippen LogP contribution in [0.5, 0.6) is 0 Å². The number of hydrogen-bond acceptors (Lipinski definition) is 3. The molecule has 0 unspecified atom stereocenters. The fourth-order valence-electron chi connectivity index (χ4n) is 2.32. The number of rotatable bonds is 3. The molecule has 1 radical (unpaired) electrons. The van der Waals surface area contributed by atoms with Crippen molar-refractivity contribution in [3.8, 4) is 0 Å². The molecule has 0 atom stereocenters. The topological polar surface area (TPSA) is 6.48 Å². The maximum Gasteiger partial charge on any atom is 0.0110 e. The highest BCUT2D eigenvalue weighted by molar-refractivity contribution is 7.99. The van der Waals surface area contributed by atoms with Gasteiger partial charge in [0.05, 0.1) is 0 Å². The molecule has 2 heterocycles. The normalized spacial score (nSPS) is 27.0. The van der Waals surface area contributed by atoms with Crippen molar-refractivity contribution in [2.24, 2.45) is 5.92 Å². The Hall–Kier alpha value is 0.270. The van der Waals surface area contributed by atoms with Gasteiger partial charge in [-0.2, -0.15) is 11.8 Å². The van der Waals surface area contributed by atoms with Crippen LogP contribution in [0.3, 0.4) is 0 Å². The van der Waals surface area contributed by atoms with Crippen molar-refractivity contribution in [3.05, 3.63) is 6.92 Å². The van der Waals surface area contributed by atoms with Gasteiger partial charge in [0.15, 0.2) is 0 Å². The van der Waals surface area contributed by atoms with Crippen LogP contribution in [0.15, 0.2) is 0 Å². The van der Waals surface area contributed by atoms with E-state index in [-0.39, 0.29) is 0 Å². The van der Waals surface area contributed by atoms with Crippen molar-refractivity contribution in [2.75, 3.05) is 50.8 Å². The van der Waals surface area contributed by atoms with E-state index in [1.807, 2.05) is 0 Å². The van der Waals surface area contributed by atoms with Crippen LogP contribution in [0, 0.1) is 12.8 Å². The zero-order valence-corrected chi connectivity index (χ0v) is 10.5. The first kappa shape index (κ1) is 11.7. The Morgan fingerprint density at radius 3 is 2.07 bits per heavy atom.